The maximum absolute atomic E-state index is 11.2. The Kier molecular flexibility index (Phi) is 3.59. The van der Waals surface area contributed by atoms with Crippen LogP contribution < -0.4 is 5.73 Å². The fourth-order valence-electron chi connectivity index (χ4n) is 2.76. The Labute approximate surface area is 90.8 Å². The monoisotopic (exact) mass is 212 g/mol. The lowest BCUT2D eigenvalue weighted by atomic mass is 10.0. The molecule has 0 aromatic carbocycles. The van der Waals surface area contributed by atoms with Crippen LogP contribution in [0.3, 0.4) is 0 Å². The number of nitrogens with zero attached hydrogens (tertiary/aromatic N) is 1. The van der Waals surface area contributed by atoms with E-state index in [2.05, 4.69) is 4.90 Å². The summed E-state index contributed by atoms with van der Waals surface area (Å²) in [7, 11) is 0. The van der Waals surface area contributed by atoms with E-state index in [-0.39, 0.29) is 5.97 Å². The lowest BCUT2D eigenvalue weighted by Crippen LogP contribution is -2.44. The standard InChI is InChI=1S/C11H20N2O2/c12-4-3-9-1-2-10(7-9)13-5-6-15-11(14)8-13/h9-10H,1-8,12H2. The number of rotatable bonds is 3. The van der Waals surface area contributed by atoms with E-state index in [4.69, 9.17) is 10.5 Å². The molecular formula is C11H20N2O2. The molecule has 1 aliphatic carbocycles. The minimum atomic E-state index is -0.0662. The van der Waals surface area contributed by atoms with Crippen LogP contribution in [-0.2, 0) is 9.53 Å². The molecule has 2 unspecified atom stereocenters. The molecule has 2 fully saturated rings. The highest BCUT2D eigenvalue weighted by Crippen LogP contribution is 2.31. The van der Waals surface area contributed by atoms with Crippen LogP contribution >= 0.6 is 0 Å². The molecule has 0 amide bonds. The molecule has 1 saturated heterocycles. The number of morpholine rings is 1. The number of hydrogen-bond donors (Lipinski definition) is 1. The van der Waals surface area contributed by atoms with Crippen LogP contribution in [0.2, 0.25) is 0 Å². The van der Waals surface area contributed by atoms with Gasteiger partial charge in [-0.15, -0.1) is 0 Å². The molecule has 0 bridgehead atoms. The molecule has 2 atom stereocenters. The summed E-state index contributed by atoms with van der Waals surface area (Å²) in [6.07, 6.45) is 4.84. The fourth-order valence-corrected chi connectivity index (χ4v) is 2.76. The Morgan fingerprint density at radius 2 is 2.33 bits per heavy atom. The Morgan fingerprint density at radius 1 is 1.47 bits per heavy atom. The van der Waals surface area contributed by atoms with Crippen molar-refractivity contribution in [3.05, 3.63) is 0 Å². The predicted octanol–water partition coefficient (Wildman–Crippen LogP) is 0.363. The lowest BCUT2D eigenvalue weighted by Gasteiger charge is -2.31. The molecule has 0 spiro atoms. The lowest BCUT2D eigenvalue weighted by molar-refractivity contribution is -0.151. The minimum Gasteiger partial charge on any atom is -0.463 e. The van der Waals surface area contributed by atoms with Crippen molar-refractivity contribution in [2.24, 2.45) is 11.7 Å². The zero-order valence-corrected chi connectivity index (χ0v) is 9.15. The van der Waals surface area contributed by atoms with E-state index in [1.54, 1.807) is 0 Å². The number of esters is 1. The molecule has 0 aromatic rings. The van der Waals surface area contributed by atoms with Crippen LogP contribution in [0.1, 0.15) is 25.7 Å². The van der Waals surface area contributed by atoms with Crippen LogP contribution in [0.25, 0.3) is 0 Å². The first-order valence-corrected chi connectivity index (χ1v) is 5.89. The minimum absolute atomic E-state index is 0.0662. The second-order valence-electron chi connectivity index (χ2n) is 4.60. The van der Waals surface area contributed by atoms with Gasteiger partial charge >= 0.3 is 5.97 Å². The van der Waals surface area contributed by atoms with Crippen molar-refractivity contribution in [3.8, 4) is 0 Å². The van der Waals surface area contributed by atoms with Gasteiger partial charge in [0.15, 0.2) is 0 Å². The van der Waals surface area contributed by atoms with Crippen LogP contribution in [0.5, 0.6) is 0 Å². The van der Waals surface area contributed by atoms with E-state index in [1.165, 1.54) is 19.3 Å². The summed E-state index contributed by atoms with van der Waals surface area (Å²) in [5.41, 5.74) is 5.57. The van der Waals surface area contributed by atoms with E-state index in [0.29, 0.717) is 19.2 Å². The van der Waals surface area contributed by atoms with E-state index in [0.717, 1.165) is 25.4 Å². The Balaban J connectivity index is 1.81. The SMILES string of the molecule is NCCC1CCC(N2CCOC(=O)C2)C1. The van der Waals surface area contributed by atoms with E-state index < -0.39 is 0 Å². The number of carbonyl (C=O) groups excluding carboxylic acids is 1. The van der Waals surface area contributed by atoms with Gasteiger partial charge in [-0.25, -0.2) is 0 Å². The summed E-state index contributed by atoms with van der Waals surface area (Å²) >= 11 is 0. The van der Waals surface area contributed by atoms with Crippen LogP contribution in [-0.4, -0.2) is 43.2 Å². The van der Waals surface area contributed by atoms with E-state index >= 15 is 0 Å². The van der Waals surface area contributed by atoms with E-state index in [9.17, 15) is 4.79 Å². The average molecular weight is 212 g/mol. The molecule has 0 aromatic heterocycles. The average Bonchev–Trinajstić information content (AvgIpc) is 2.67. The molecule has 2 rings (SSSR count). The number of carbonyl (C=O) groups is 1. The highest BCUT2D eigenvalue weighted by Gasteiger charge is 2.31. The normalized spacial score (nSPS) is 33.0. The van der Waals surface area contributed by atoms with Crippen molar-refractivity contribution < 1.29 is 9.53 Å². The van der Waals surface area contributed by atoms with Crippen LogP contribution in [0, 0.1) is 5.92 Å². The number of ether oxygens (including phenoxy) is 1. The summed E-state index contributed by atoms with van der Waals surface area (Å²) in [6, 6.07) is 0.592. The molecule has 4 nitrogen and oxygen atoms in total. The van der Waals surface area contributed by atoms with Gasteiger partial charge in [0.25, 0.3) is 0 Å². The maximum atomic E-state index is 11.2. The maximum Gasteiger partial charge on any atom is 0.320 e. The molecule has 0 radical (unpaired) electrons. The second kappa shape index (κ2) is 4.94. The largest absolute Gasteiger partial charge is 0.463 e. The summed E-state index contributed by atoms with van der Waals surface area (Å²) in [6.45, 7) is 2.75. The Morgan fingerprint density at radius 3 is 3.07 bits per heavy atom. The summed E-state index contributed by atoms with van der Waals surface area (Å²) in [5, 5.41) is 0. The first-order valence-electron chi connectivity index (χ1n) is 5.89. The summed E-state index contributed by atoms with van der Waals surface area (Å²) in [5.74, 6) is 0.710. The Hall–Kier alpha value is -0.610. The van der Waals surface area contributed by atoms with Crippen molar-refractivity contribution in [1.82, 2.24) is 4.90 Å². The molecule has 86 valence electrons. The van der Waals surface area contributed by atoms with E-state index in [1.807, 2.05) is 0 Å². The molecule has 1 heterocycles. The van der Waals surface area contributed by atoms with Crippen molar-refractivity contribution in [1.29, 1.82) is 0 Å². The molecular weight excluding hydrogens is 192 g/mol. The van der Waals surface area contributed by atoms with Gasteiger partial charge in [-0.05, 0) is 38.1 Å². The van der Waals surface area contributed by atoms with Crippen molar-refractivity contribution >= 4 is 5.97 Å². The molecule has 2 N–H and O–H groups in total. The summed E-state index contributed by atoms with van der Waals surface area (Å²) in [4.78, 5) is 13.4. The van der Waals surface area contributed by atoms with Gasteiger partial charge < -0.3 is 10.5 Å². The molecule has 1 aliphatic heterocycles. The second-order valence-corrected chi connectivity index (χ2v) is 4.60. The quantitative estimate of drug-likeness (QED) is 0.686. The zero-order chi connectivity index (χ0) is 10.7. The third-order valence-corrected chi connectivity index (χ3v) is 3.58. The van der Waals surface area contributed by atoms with Gasteiger partial charge in [-0.2, -0.15) is 0 Å². The predicted molar refractivity (Wildman–Crippen MR) is 57.3 cm³/mol. The highest BCUT2D eigenvalue weighted by atomic mass is 16.5. The highest BCUT2D eigenvalue weighted by molar-refractivity contribution is 5.72. The topological polar surface area (TPSA) is 55.6 Å². The van der Waals surface area contributed by atoms with Crippen molar-refractivity contribution in [2.45, 2.75) is 31.7 Å². The number of hydrogen-bond acceptors (Lipinski definition) is 4. The molecule has 15 heavy (non-hydrogen) atoms. The van der Waals surface area contributed by atoms with Crippen molar-refractivity contribution in [2.75, 3.05) is 26.2 Å². The van der Waals surface area contributed by atoms with Crippen LogP contribution in [0.4, 0.5) is 0 Å². The van der Waals surface area contributed by atoms with Gasteiger partial charge in [-0.1, -0.05) is 0 Å². The van der Waals surface area contributed by atoms with Gasteiger partial charge in [0.05, 0.1) is 6.54 Å². The first-order chi connectivity index (χ1) is 7.29. The molecule has 4 heteroatoms. The number of nitrogens with two attached hydrogens (primary N) is 1. The van der Waals surface area contributed by atoms with Crippen molar-refractivity contribution in [3.63, 3.8) is 0 Å². The van der Waals surface area contributed by atoms with Gasteiger partial charge in [-0.3, -0.25) is 9.69 Å². The smallest absolute Gasteiger partial charge is 0.320 e. The molecule has 2 aliphatic rings. The fraction of sp³-hybridized carbons (Fsp3) is 0.909. The number of cyclic esters (lactones) is 1. The zero-order valence-electron chi connectivity index (χ0n) is 9.15. The van der Waals surface area contributed by atoms with Crippen LogP contribution in [0.15, 0.2) is 0 Å². The summed E-state index contributed by atoms with van der Waals surface area (Å²) < 4.78 is 4.94. The van der Waals surface area contributed by atoms with Gasteiger partial charge in [0.2, 0.25) is 0 Å². The van der Waals surface area contributed by atoms with Gasteiger partial charge in [0.1, 0.15) is 6.61 Å². The third kappa shape index (κ3) is 2.69. The van der Waals surface area contributed by atoms with Gasteiger partial charge in [0, 0.05) is 12.6 Å². The molecule has 1 saturated carbocycles. The first kappa shape index (κ1) is 10.9. The third-order valence-electron chi connectivity index (χ3n) is 3.58. The Bertz CT molecular complexity index is 233.